The molecule has 0 aromatic heterocycles. The first-order chi connectivity index (χ1) is 16.9. The van der Waals surface area contributed by atoms with Crippen LogP contribution in [-0.2, 0) is 14.3 Å². The zero-order chi connectivity index (χ0) is 24.9. The fraction of sp³-hybridized carbons (Fsp3) is 0.385. The van der Waals surface area contributed by atoms with Crippen LogP contribution < -0.4 is 19.5 Å². The van der Waals surface area contributed by atoms with E-state index in [0.717, 1.165) is 13.1 Å². The van der Waals surface area contributed by atoms with E-state index in [2.05, 4.69) is 0 Å². The highest BCUT2D eigenvalue weighted by Gasteiger charge is 2.44. The van der Waals surface area contributed by atoms with Crippen molar-refractivity contribution < 1.29 is 33.8 Å². The Hall–Kier alpha value is -3.07. The molecule has 186 valence electrons. The number of quaternary nitrogens is 1. The van der Waals surface area contributed by atoms with E-state index in [-0.39, 0.29) is 5.57 Å². The van der Waals surface area contributed by atoms with Gasteiger partial charge in [-0.1, -0.05) is 35.6 Å². The zero-order valence-electron chi connectivity index (χ0n) is 19.8. The average Bonchev–Trinajstić information content (AvgIpc) is 3.13. The summed E-state index contributed by atoms with van der Waals surface area (Å²) in [6, 6.07) is 10.7. The standard InChI is InChI=1S/C26H29ClN2O6/c1-3-35-20-9-6-18(16-21(20)33-2)23-22(24(30)17-4-7-19(27)8-5-17)25(31)26(32)29(23)11-10-28-12-14-34-15-13-28/h4-9,16,23,30H,3,10-15H2,1-2H3. The van der Waals surface area contributed by atoms with Crippen LogP contribution in [0.15, 0.2) is 48.0 Å². The quantitative estimate of drug-likeness (QED) is 0.329. The second kappa shape index (κ2) is 11.1. The van der Waals surface area contributed by atoms with Crippen LogP contribution in [0.25, 0.3) is 5.76 Å². The molecule has 1 amide bonds. The predicted octanol–water partition coefficient (Wildman–Crippen LogP) is 0.886. The zero-order valence-corrected chi connectivity index (χ0v) is 20.6. The number of amides is 1. The van der Waals surface area contributed by atoms with Crippen LogP contribution in [0.1, 0.15) is 24.1 Å². The molecule has 2 aliphatic rings. The van der Waals surface area contributed by atoms with Crippen LogP contribution in [-0.4, -0.2) is 69.7 Å². The Morgan fingerprint density at radius 1 is 1.14 bits per heavy atom. The van der Waals surface area contributed by atoms with Crippen LogP contribution >= 0.6 is 11.6 Å². The number of Topliss-reactive ketones (excluding diaryl/α,β-unsaturated/α-hetero) is 1. The number of ketones is 1. The van der Waals surface area contributed by atoms with Gasteiger partial charge in [0.05, 0.1) is 46.1 Å². The number of halogens is 1. The molecule has 2 saturated heterocycles. The van der Waals surface area contributed by atoms with Crippen molar-refractivity contribution in [1.29, 1.82) is 0 Å². The lowest BCUT2D eigenvalue weighted by atomic mass is 9.95. The van der Waals surface area contributed by atoms with Crippen molar-refractivity contribution in [2.24, 2.45) is 0 Å². The third-order valence-electron chi connectivity index (χ3n) is 6.35. The van der Waals surface area contributed by atoms with E-state index >= 15 is 0 Å². The van der Waals surface area contributed by atoms with Crippen molar-refractivity contribution in [2.45, 2.75) is 13.0 Å². The summed E-state index contributed by atoms with van der Waals surface area (Å²) in [6.45, 7) is 6.29. The lowest BCUT2D eigenvalue weighted by Crippen LogP contribution is -3.14. The maximum Gasteiger partial charge on any atom is 0.295 e. The van der Waals surface area contributed by atoms with Crippen molar-refractivity contribution in [3.05, 3.63) is 64.2 Å². The summed E-state index contributed by atoms with van der Waals surface area (Å²) < 4.78 is 16.5. The van der Waals surface area contributed by atoms with Gasteiger partial charge in [0.15, 0.2) is 11.5 Å². The summed E-state index contributed by atoms with van der Waals surface area (Å²) in [4.78, 5) is 29.2. The third-order valence-corrected chi connectivity index (χ3v) is 6.60. The van der Waals surface area contributed by atoms with Crippen molar-refractivity contribution in [2.75, 3.05) is 53.1 Å². The average molecular weight is 501 g/mol. The summed E-state index contributed by atoms with van der Waals surface area (Å²) >= 11 is 5.98. The maximum atomic E-state index is 13.5. The number of ether oxygens (including phenoxy) is 3. The molecule has 2 aliphatic heterocycles. The minimum Gasteiger partial charge on any atom is -0.872 e. The Morgan fingerprint density at radius 2 is 1.86 bits per heavy atom. The molecule has 9 heteroatoms. The van der Waals surface area contributed by atoms with E-state index in [1.54, 1.807) is 42.5 Å². The number of carbonyl (C=O) groups is 2. The first kappa shape index (κ1) is 25.0. The number of likely N-dealkylation sites (tertiary alicyclic amines) is 1. The molecule has 1 atom stereocenters. The van der Waals surface area contributed by atoms with Gasteiger partial charge in [0, 0.05) is 10.6 Å². The first-order valence-electron chi connectivity index (χ1n) is 11.7. The minimum atomic E-state index is -0.830. The van der Waals surface area contributed by atoms with Crippen LogP contribution in [0, 0.1) is 0 Å². The topological polar surface area (TPSA) is 92.6 Å². The molecular weight excluding hydrogens is 472 g/mol. The molecule has 0 aliphatic carbocycles. The molecule has 8 nitrogen and oxygen atoms in total. The van der Waals surface area contributed by atoms with Crippen molar-refractivity contribution >= 4 is 29.1 Å². The Kier molecular flexibility index (Phi) is 7.95. The molecule has 2 aromatic rings. The molecule has 2 fully saturated rings. The summed E-state index contributed by atoms with van der Waals surface area (Å²) in [5, 5.41) is 14.0. The number of morpholine rings is 1. The van der Waals surface area contributed by atoms with Gasteiger partial charge in [0.25, 0.3) is 5.91 Å². The highest BCUT2D eigenvalue weighted by Crippen LogP contribution is 2.41. The van der Waals surface area contributed by atoms with E-state index in [9.17, 15) is 14.7 Å². The smallest absolute Gasteiger partial charge is 0.295 e. The summed E-state index contributed by atoms with van der Waals surface area (Å²) in [6.07, 6.45) is 0. The number of methoxy groups -OCH3 is 1. The second-order valence-corrected chi connectivity index (χ2v) is 8.87. The van der Waals surface area contributed by atoms with Crippen LogP contribution in [0.4, 0.5) is 0 Å². The minimum absolute atomic E-state index is 0.0690. The Balaban J connectivity index is 1.77. The predicted molar refractivity (Wildman–Crippen MR) is 128 cm³/mol. The molecule has 0 saturated carbocycles. The van der Waals surface area contributed by atoms with Gasteiger partial charge >= 0.3 is 0 Å². The molecule has 1 N–H and O–H groups in total. The van der Waals surface area contributed by atoms with E-state index < -0.39 is 23.5 Å². The first-order valence-corrected chi connectivity index (χ1v) is 12.1. The van der Waals surface area contributed by atoms with Crippen molar-refractivity contribution in [3.63, 3.8) is 0 Å². The lowest BCUT2D eigenvalue weighted by Gasteiger charge is -2.30. The Morgan fingerprint density at radius 3 is 2.51 bits per heavy atom. The number of benzene rings is 2. The van der Waals surface area contributed by atoms with Gasteiger partial charge < -0.3 is 29.1 Å². The molecule has 35 heavy (non-hydrogen) atoms. The van der Waals surface area contributed by atoms with E-state index in [1.165, 1.54) is 16.9 Å². The number of hydrogen-bond donors (Lipinski definition) is 1. The van der Waals surface area contributed by atoms with Crippen molar-refractivity contribution in [1.82, 2.24) is 4.90 Å². The van der Waals surface area contributed by atoms with Gasteiger partial charge in [-0.25, -0.2) is 0 Å². The van der Waals surface area contributed by atoms with E-state index in [1.807, 2.05) is 6.92 Å². The second-order valence-electron chi connectivity index (χ2n) is 8.44. The van der Waals surface area contributed by atoms with E-state index in [0.29, 0.717) is 60.6 Å². The van der Waals surface area contributed by atoms with Crippen LogP contribution in [0.5, 0.6) is 11.5 Å². The van der Waals surface area contributed by atoms with Gasteiger partial charge in [0.2, 0.25) is 5.78 Å². The van der Waals surface area contributed by atoms with Crippen LogP contribution in [0.2, 0.25) is 5.02 Å². The molecule has 0 radical (unpaired) electrons. The number of rotatable bonds is 8. The molecule has 2 aromatic carbocycles. The number of carbonyl (C=O) groups excluding carboxylic acids is 2. The molecule has 1 unspecified atom stereocenters. The lowest BCUT2D eigenvalue weighted by molar-refractivity contribution is -0.907. The van der Waals surface area contributed by atoms with Gasteiger partial charge in [-0.15, -0.1) is 0 Å². The monoisotopic (exact) mass is 500 g/mol. The third kappa shape index (κ3) is 5.29. The number of nitrogens with zero attached hydrogens (tertiary/aromatic N) is 1. The number of nitrogens with one attached hydrogen (secondary N) is 1. The number of hydrogen-bond acceptors (Lipinski definition) is 6. The molecule has 2 heterocycles. The van der Waals surface area contributed by atoms with Gasteiger partial charge in [-0.2, -0.15) is 0 Å². The molecule has 4 rings (SSSR count). The SMILES string of the molecule is CCOc1ccc(C2C(=C([O-])c3ccc(Cl)cc3)C(=O)C(=O)N2CC[NH+]2CCOCC2)cc1OC. The van der Waals surface area contributed by atoms with Gasteiger partial charge in [-0.05, 0) is 42.3 Å². The maximum absolute atomic E-state index is 13.5. The Labute approximate surface area is 209 Å². The summed E-state index contributed by atoms with van der Waals surface area (Å²) in [7, 11) is 1.52. The Bertz CT molecular complexity index is 1110. The highest BCUT2D eigenvalue weighted by atomic mass is 35.5. The normalized spacial score (nSPS) is 20.3. The molecular formula is C26H29ClN2O6. The summed E-state index contributed by atoms with van der Waals surface area (Å²) in [5.74, 6) is -0.927. The highest BCUT2D eigenvalue weighted by molar-refractivity contribution is 6.46. The fourth-order valence-electron chi connectivity index (χ4n) is 4.52. The van der Waals surface area contributed by atoms with Gasteiger partial charge in [0.1, 0.15) is 13.1 Å². The fourth-order valence-corrected chi connectivity index (χ4v) is 4.65. The van der Waals surface area contributed by atoms with Crippen LogP contribution in [0.3, 0.4) is 0 Å². The van der Waals surface area contributed by atoms with Crippen molar-refractivity contribution in [3.8, 4) is 11.5 Å². The molecule has 0 bridgehead atoms. The molecule has 0 spiro atoms. The van der Waals surface area contributed by atoms with E-state index in [4.69, 9.17) is 25.8 Å². The summed E-state index contributed by atoms with van der Waals surface area (Å²) in [5.41, 5.74) is 0.841. The largest absolute Gasteiger partial charge is 0.872 e. The van der Waals surface area contributed by atoms with Gasteiger partial charge in [-0.3, -0.25) is 9.59 Å².